The van der Waals surface area contributed by atoms with E-state index in [1.54, 1.807) is 28.4 Å². The van der Waals surface area contributed by atoms with Gasteiger partial charge in [-0.2, -0.15) is 0 Å². The molecule has 0 saturated carbocycles. The summed E-state index contributed by atoms with van der Waals surface area (Å²) in [4.78, 5) is 0. The van der Waals surface area contributed by atoms with Gasteiger partial charge in [-0.15, -0.1) is 0 Å². The fourth-order valence-corrected chi connectivity index (χ4v) is 5.17. The molecule has 0 bridgehead atoms. The van der Waals surface area contributed by atoms with Gasteiger partial charge in [0.2, 0.25) is 11.5 Å². The van der Waals surface area contributed by atoms with E-state index in [2.05, 4.69) is 26.0 Å². The van der Waals surface area contributed by atoms with Crippen molar-refractivity contribution in [1.82, 2.24) is 0 Å². The second kappa shape index (κ2) is 16.0. The van der Waals surface area contributed by atoms with Crippen LogP contribution in [0.4, 0.5) is 0 Å². The van der Waals surface area contributed by atoms with Crippen LogP contribution in [-0.2, 0) is 0 Å². The van der Waals surface area contributed by atoms with Crippen LogP contribution < -0.4 is 28.4 Å². The molecule has 0 aliphatic carbocycles. The zero-order valence-electron chi connectivity index (χ0n) is 27.7. The van der Waals surface area contributed by atoms with Crippen LogP contribution in [0.3, 0.4) is 0 Å². The lowest BCUT2D eigenvalue weighted by molar-refractivity contribution is 0.198. The van der Waals surface area contributed by atoms with Gasteiger partial charge in [-0.25, -0.2) is 0 Å². The summed E-state index contributed by atoms with van der Waals surface area (Å²) in [6.45, 7) is 8.17. The molecule has 0 spiro atoms. The third kappa shape index (κ3) is 8.04. The quantitative estimate of drug-likeness (QED) is 0.125. The second-order valence-electron chi connectivity index (χ2n) is 10.9. The fraction of sp³-hybridized carbons (Fsp3) is 0.316. The van der Waals surface area contributed by atoms with Crippen molar-refractivity contribution >= 4 is 58.3 Å². The standard InChI is InChI=1S/C38H42Cl2O6/c1-9-23(3)45-37-33(41-5)17-25(18-34(37)42-6)11-13-27-15-16-28(30-22-32(40)31(39)21-29(27)30)14-12-26-19-35(43-7)38(36(20-26)44-8)46-24(4)10-2/h11-24H,9-10H2,1-8H3. The Hall–Kier alpha value is -4.00. The van der Waals surface area contributed by atoms with E-state index >= 15 is 0 Å². The zero-order chi connectivity index (χ0) is 33.4. The molecule has 0 radical (unpaired) electrons. The molecule has 4 aromatic rings. The van der Waals surface area contributed by atoms with Gasteiger partial charge in [0.15, 0.2) is 23.0 Å². The van der Waals surface area contributed by atoms with E-state index in [0.717, 1.165) is 45.9 Å². The van der Waals surface area contributed by atoms with Crippen molar-refractivity contribution in [2.45, 2.75) is 52.7 Å². The van der Waals surface area contributed by atoms with Gasteiger partial charge in [-0.3, -0.25) is 0 Å². The molecule has 0 heterocycles. The number of fused-ring (bicyclic) bond motifs is 1. The van der Waals surface area contributed by atoms with Crippen LogP contribution in [0.2, 0.25) is 10.0 Å². The number of halogens is 2. The normalized spacial score (nSPS) is 12.8. The minimum absolute atomic E-state index is 0.0201. The minimum atomic E-state index is 0.0201. The van der Waals surface area contributed by atoms with Crippen LogP contribution in [0.25, 0.3) is 35.1 Å². The second-order valence-corrected chi connectivity index (χ2v) is 11.7. The molecule has 2 unspecified atom stereocenters. The average molecular weight is 666 g/mol. The Morgan fingerprint density at radius 3 is 1.15 bits per heavy atom. The molecule has 46 heavy (non-hydrogen) atoms. The maximum absolute atomic E-state index is 6.52. The first kappa shape index (κ1) is 34.9. The lowest BCUT2D eigenvalue weighted by Crippen LogP contribution is -2.11. The number of rotatable bonds is 14. The molecule has 4 rings (SSSR count). The Morgan fingerprint density at radius 1 is 0.543 bits per heavy atom. The highest BCUT2D eigenvalue weighted by Crippen LogP contribution is 2.42. The highest BCUT2D eigenvalue weighted by atomic mass is 35.5. The van der Waals surface area contributed by atoms with E-state index in [1.165, 1.54) is 0 Å². The summed E-state index contributed by atoms with van der Waals surface area (Å²) < 4.78 is 34.8. The summed E-state index contributed by atoms with van der Waals surface area (Å²) in [6.07, 6.45) is 9.85. The van der Waals surface area contributed by atoms with Gasteiger partial charge in [-0.05, 0) is 96.1 Å². The lowest BCUT2D eigenvalue weighted by atomic mass is 9.97. The van der Waals surface area contributed by atoms with Crippen LogP contribution in [0.15, 0.2) is 48.5 Å². The predicted molar refractivity (Wildman–Crippen MR) is 192 cm³/mol. The zero-order valence-corrected chi connectivity index (χ0v) is 29.2. The van der Waals surface area contributed by atoms with E-state index in [0.29, 0.717) is 44.5 Å². The molecular weight excluding hydrogens is 623 g/mol. The first-order chi connectivity index (χ1) is 22.1. The van der Waals surface area contributed by atoms with E-state index in [9.17, 15) is 0 Å². The largest absolute Gasteiger partial charge is 0.493 e. The maximum atomic E-state index is 6.52. The number of ether oxygens (including phenoxy) is 6. The third-order valence-corrected chi connectivity index (χ3v) is 8.51. The first-order valence-corrected chi connectivity index (χ1v) is 16.0. The first-order valence-electron chi connectivity index (χ1n) is 15.3. The Kier molecular flexibility index (Phi) is 12.1. The summed E-state index contributed by atoms with van der Waals surface area (Å²) in [7, 11) is 6.49. The summed E-state index contributed by atoms with van der Waals surface area (Å²) in [6, 6.07) is 15.6. The molecule has 0 fully saturated rings. The van der Waals surface area contributed by atoms with Crippen molar-refractivity contribution in [2.24, 2.45) is 0 Å². The van der Waals surface area contributed by atoms with Crippen LogP contribution in [0.1, 0.15) is 62.8 Å². The van der Waals surface area contributed by atoms with E-state index < -0.39 is 0 Å². The van der Waals surface area contributed by atoms with E-state index in [1.807, 2.05) is 74.5 Å². The number of hydrogen-bond acceptors (Lipinski definition) is 6. The monoisotopic (exact) mass is 664 g/mol. The van der Waals surface area contributed by atoms with Crippen molar-refractivity contribution in [3.05, 3.63) is 80.8 Å². The molecule has 244 valence electrons. The Labute approximate surface area is 282 Å². The molecule has 2 atom stereocenters. The molecule has 4 aromatic carbocycles. The highest BCUT2D eigenvalue weighted by Gasteiger charge is 2.17. The van der Waals surface area contributed by atoms with Gasteiger partial charge in [0.05, 0.1) is 50.7 Å². The van der Waals surface area contributed by atoms with Crippen molar-refractivity contribution in [3.63, 3.8) is 0 Å². The van der Waals surface area contributed by atoms with Gasteiger partial charge in [0.1, 0.15) is 0 Å². The SMILES string of the molecule is CCC(C)Oc1c(OC)cc(C=Cc2ccc(C=Cc3cc(OC)c(OC(C)CC)c(OC)c3)c3cc(Cl)c(Cl)cc23)cc1OC. The Bertz CT molecular complexity index is 1550. The van der Waals surface area contributed by atoms with Gasteiger partial charge in [0, 0.05) is 0 Å². The summed E-state index contributed by atoms with van der Waals surface area (Å²) in [5.74, 6) is 3.60. The molecular formula is C38H42Cl2O6. The average Bonchev–Trinajstić information content (AvgIpc) is 3.07. The van der Waals surface area contributed by atoms with Gasteiger partial charge >= 0.3 is 0 Å². The molecule has 8 heteroatoms. The highest BCUT2D eigenvalue weighted by molar-refractivity contribution is 6.43. The number of methoxy groups -OCH3 is 4. The maximum Gasteiger partial charge on any atom is 0.203 e. The molecule has 0 amide bonds. The van der Waals surface area contributed by atoms with Crippen molar-refractivity contribution in [1.29, 1.82) is 0 Å². The molecule has 6 nitrogen and oxygen atoms in total. The predicted octanol–water partition coefficient (Wildman–Crippen LogP) is 10.9. The molecule has 0 saturated heterocycles. The summed E-state index contributed by atoms with van der Waals surface area (Å²) >= 11 is 13.0. The van der Waals surface area contributed by atoms with Gasteiger partial charge in [0.25, 0.3) is 0 Å². The van der Waals surface area contributed by atoms with Crippen LogP contribution in [-0.4, -0.2) is 40.6 Å². The van der Waals surface area contributed by atoms with Gasteiger partial charge < -0.3 is 28.4 Å². The van der Waals surface area contributed by atoms with E-state index in [-0.39, 0.29) is 12.2 Å². The van der Waals surface area contributed by atoms with Crippen molar-refractivity contribution in [3.8, 4) is 34.5 Å². The minimum Gasteiger partial charge on any atom is -0.493 e. The summed E-state index contributed by atoms with van der Waals surface area (Å²) in [5, 5.41) is 2.87. The van der Waals surface area contributed by atoms with Gasteiger partial charge in [-0.1, -0.05) is 73.5 Å². The Morgan fingerprint density at radius 2 is 0.870 bits per heavy atom. The number of benzene rings is 4. The fourth-order valence-electron chi connectivity index (χ4n) is 4.84. The topological polar surface area (TPSA) is 55.4 Å². The van der Waals surface area contributed by atoms with Crippen LogP contribution >= 0.6 is 23.2 Å². The Balaban J connectivity index is 1.74. The smallest absolute Gasteiger partial charge is 0.203 e. The molecule has 0 aromatic heterocycles. The molecule has 0 aliphatic heterocycles. The molecule has 0 aliphatic rings. The van der Waals surface area contributed by atoms with Crippen molar-refractivity contribution < 1.29 is 28.4 Å². The summed E-state index contributed by atoms with van der Waals surface area (Å²) in [5.41, 5.74) is 3.73. The van der Waals surface area contributed by atoms with Crippen LogP contribution in [0, 0.1) is 0 Å². The third-order valence-electron chi connectivity index (χ3n) is 7.79. The number of hydrogen-bond donors (Lipinski definition) is 0. The van der Waals surface area contributed by atoms with E-state index in [4.69, 9.17) is 51.6 Å². The lowest BCUT2D eigenvalue weighted by Gasteiger charge is -2.19. The van der Waals surface area contributed by atoms with Crippen LogP contribution in [0.5, 0.6) is 34.5 Å². The molecule has 0 N–H and O–H groups in total. The van der Waals surface area contributed by atoms with Crippen molar-refractivity contribution in [2.75, 3.05) is 28.4 Å².